The van der Waals surface area contributed by atoms with Gasteiger partial charge in [0.25, 0.3) is 0 Å². The fraction of sp³-hybridized carbons (Fsp3) is 0.308. The van der Waals surface area contributed by atoms with Gasteiger partial charge in [0.2, 0.25) is 0 Å². The summed E-state index contributed by atoms with van der Waals surface area (Å²) in [5, 5.41) is 7.69. The fourth-order valence-corrected chi connectivity index (χ4v) is 1.82. The Morgan fingerprint density at radius 1 is 1.25 bits per heavy atom. The largest absolute Gasteiger partial charge is 0.319 e. The first kappa shape index (κ1) is 10.9. The lowest BCUT2D eigenvalue weighted by atomic mass is 10.1. The lowest BCUT2D eigenvalue weighted by Crippen LogP contribution is -2.10. The number of hydrogen-bond donors (Lipinski definition) is 1. The predicted octanol–water partition coefficient (Wildman–Crippen LogP) is 1.85. The van der Waals surface area contributed by atoms with Crippen molar-refractivity contribution in [2.75, 3.05) is 13.6 Å². The molecule has 0 unspecified atom stereocenters. The van der Waals surface area contributed by atoms with Crippen LogP contribution in [0.3, 0.4) is 0 Å². The van der Waals surface area contributed by atoms with Crippen molar-refractivity contribution in [2.45, 2.75) is 6.42 Å². The summed E-state index contributed by atoms with van der Waals surface area (Å²) >= 11 is 0. The number of nitrogens with one attached hydrogen (secondary N) is 1. The van der Waals surface area contributed by atoms with Crippen LogP contribution in [0.25, 0.3) is 11.3 Å². The molecule has 84 valence electrons. The van der Waals surface area contributed by atoms with E-state index >= 15 is 0 Å². The summed E-state index contributed by atoms with van der Waals surface area (Å²) in [5.41, 5.74) is 3.58. The van der Waals surface area contributed by atoms with Crippen molar-refractivity contribution < 1.29 is 0 Å². The van der Waals surface area contributed by atoms with Gasteiger partial charge in [0.15, 0.2) is 0 Å². The highest BCUT2D eigenvalue weighted by atomic mass is 15.2. The Bertz CT molecular complexity index is 445. The smallest absolute Gasteiger partial charge is 0.0955 e. The van der Waals surface area contributed by atoms with E-state index < -0.39 is 0 Å². The molecule has 3 nitrogen and oxygen atoms in total. The van der Waals surface area contributed by atoms with E-state index in [0.29, 0.717) is 0 Å². The van der Waals surface area contributed by atoms with Crippen molar-refractivity contribution >= 4 is 0 Å². The summed E-state index contributed by atoms with van der Waals surface area (Å²) < 4.78 is 1.88. The van der Waals surface area contributed by atoms with Crippen LogP contribution in [0.15, 0.2) is 36.5 Å². The minimum atomic E-state index is 0.978. The Morgan fingerprint density at radius 2 is 2.00 bits per heavy atom. The normalized spacial score (nSPS) is 10.6. The quantitative estimate of drug-likeness (QED) is 0.843. The van der Waals surface area contributed by atoms with Crippen LogP contribution in [0.5, 0.6) is 0 Å². The second-order valence-electron chi connectivity index (χ2n) is 3.90. The number of rotatable bonds is 4. The molecule has 3 heteroatoms. The van der Waals surface area contributed by atoms with E-state index in [9.17, 15) is 0 Å². The molecule has 16 heavy (non-hydrogen) atoms. The van der Waals surface area contributed by atoms with E-state index in [1.165, 1.54) is 11.1 Å². The molecule has 0 saturated carbocycles. The number of hydrogen-bond acceptors (Lipinski definition) is 2. The molecule has 0 aliphatic carbocycles. The van der Waals surface area contributed by atoms with E-state index in [0.717, 1.165) is 18.7 Å². The van der Waals surface area contributed by atoms with E-state index in [2.05, 4.69) is 28.7 Å². The molecule has 2 rings (SSSR count). The SMILES string of the molecule is CNCCc1cn(C)nc1-c1ccccc1. The van der Waals surface area contributed by atoms with Crippen LogP contribution in [-0.2, 0) is 13.5 Å². The van der Waals surface area contributed by atoms with Gasteiger partial charge in [-0.1, -0.05) is 30.3 Å². The molecule has 0 amide bonds. The molecule has 0 aliphatic heterocycles. The Labute approximate surface area is 96.1 Å². The summed E-state index contributed by atoms with van der Waals surface area (Å²) in [7, 11) is 3.94. The molecule has 0 atom stereocenters. The van der Waals surface area contributed by atoms with Crippen LogP contribution in [-0.4, -0.2) is 23.4 Å². The molecule has 1 heterocycles. The highest BCUT2D eigenvalue weighted by Gasteiger charge is 2.08. The molecule has 0 bridgehead atoms. The van der Waals surface area contributed by atoms with E-state index in [1.807, 2.05) is 37.0 Å². The van der Waals surface area contributed by atoms with Gasteiger partial charge in [0, 0.05) is 18.8 Å². The van der Waals surface area contributed by atoms with Gasteiger partial charge in [-0.2, -0.15) is 5.10 Å². The van der Waals surface area contributed by atoms with Crippen LogP contribution in [0.1, 0.15) is 5.56 Å². The van der Waals surface area contributed by atoms with Crippen molar-refractivity contribution in [2.24, 2.45) is 7.05 Å². The van der Waals surface area contributed by atoms with Crippen molar-refractivity contribution in [1.29, 1.82) is 0 Å². The summed E-state index contributed by atoms with van der Waals surface area (Å²) in [6.07, 6.45) is 3.11. The Hall–Kier alpha value is -1.61. The van der Waals surface area contributed by atoms with Gasteiger partial charge in [-0.05, 0) is 25.6 Å². The fourth-order valence-electron chi connectivity index (χ4n) is 1.82. The molecule has 0 aliphatic rings. The van der Waals surface area contributed by atoms with Crippen molar-refractivity contribution in [3.63, 3.8) is 0 Å². The molecular formula is C13H17N3. The average Bonchev–Trinajstić information content (AvgIpc) is 2.69. The molecule has 0 saturated heterocycles. The molecule has 0 fully saturated rings. The van der Waals surface area contributed by atoms with Crippen LogP contribution in [0.4, 0.5) is 0 Å². The number of likely N-dealkylation sites (N-methyl/N-ethyl adjacent to an activating group) is 1. The van der Waals surface area contributed by atoms with Crippen molar-refractivity contribution in [1.82, 2.24) is 15.1 Å². The zero-order chi connectivity index (χ0) is 11.4. The maximum Gasteiger partial charge on any atom is 0.0955 e. The number of nitrogens with zero attached hydrogens (tertiary/aromatic N) is 2. The van der Waals surface area contributed by atoms with Crippen LogP contribution < -0.4 is 5.32 Å². The second-order valence-corrected chi connectivity index (χ2v) is 3.90. The first-order valence-corrected chi connectivity index (χ1v) is 5.54. The summed E-state index contributed by atoms with van der Waals surface area (Å²) in [4.78, 5) is 0. The van der Waals surface area contributed by atoms with Crippen LogP contribution in [0, 0.1) is 0 Å². The second kappa shape index (κ2) is 4.94. The lowest BCUT2D eigenvalue weighted by Gasteiger charge is -2.01. The van der Waals surface area contributed by atoms with Gasteiger partial charge in [0.1, 0.15) is 0 Å². The highest BCUT2D eigenvalue weighted by Crippen LogP contribution is 2.21. The van der Waals surface area contributed by atoms with E-state index in [-0.39, 0.29) is 0 Å². The van der Waals surface area contributed by atoms with Gasteiger partial charge in [0.05, 0.1) is 5.69 Å². The molecule has 1 aromatic heterocycles. The summed E-state index contributed by atoms with van der Waals surface area (Å²) in [6.45, 7) is 0.978. The first-order valence-electron chi connectivity index (χ1n) is 5.54. The Morgan fingerprint density at radius 3 is 2.69 bits per heavy atom. The topological polar surface area (TPSA) is 29.9 Å². The van der Waals surface area contributed by atoms with Crippen LogP contribution >= 0.6 is 0 Å². The zero-order valence-electron chi connectivity index (χ0n) is 9.77. The van der Waals surface area contributed by atoms with Gasteiger partial charge in [-0.25, -0.2) is 0 Å². The number of aryl methyl sites for hydroxylation is 1. The molecule has 0 spiro atoms. The van der Waals surface area contributed by atoms with E-state index in [4.69, 9.17) is 0 Å². The standard InChI is InChI=1S/C13H17N3/c1-14-9-8-12-10-16(2)15-13(12)11-6-4-3-5-7-11/h3-7,10,14H,8-9H2,1-2H3. The van der Waals surface area contributed by atoms with Crippen molar-refractivity contribution in [3.05, 3.63) is 42.1 Å². The van der Waals surface area contributed by atoms with E-state index in [1.54, 1.807) is 0 Å². The average molecular weight is 215 g/mol. The lowest BCUT2D eigenvalue weighted by molar-refractivity contribution is 0.765. The molecule has 1 aromatic carbocycles. The predicted molar refractivity (Wildman–Crippen MR) is 66.3 cm³/mol. The molecule has 0 radical (unpaired) electrons. The monoisotopic (exact) mass is 215 g/mol. The summed E-state index contributed by atoms with van der Waals surface area (Å²) in [5.74, 6) is 0. The third kappa shape index (κ3) is 2.31. The Kier molecular flexibility index (Phi) is 3.37. The zero-order valence-corrected chi connectivity index (χ0v) is 9.77. The number of benzene rings is 1. The third-order valence-corrected chi connectivity index (χ3v) is 2.60. The number of aromatic nitrogens is 2. The molecular weight excluding hydrogens is 198 g/mol. The summed E-state index contributed by atoms with van der Waals surface area (Å²) in [6, 6.07) is 10.3. The molecule has 2 aromatic rings. The molecule has 1 N–H and O–H groups in total. The highest BCUT2D eigenvalue weighted by molar-refractivity contribution is 5.62. The Balaban J connectivity index is 2.33. The van der Waals surface area contributed by atoms with Gasteiger partial charge < -0.3 is 5.32 Å². The van der Waals surface area contributed by atoms with Gasteiger partial charge in [-0.15, -0.1) is 0 Å². The van der Waals surface area contributed by atoms with Gasteiger partial charge in [-0.3, -0.25) is 4.68 Å². The first-order chi connectivity index (χ1) is 7.81. The minimum absolute atomic E-state index is 0.978. The minimum Gasteiger partial charge on any atom is -0.319 e. The maximum atomic E-state index is 4.52. The van der Waals surface area contributed by atoms with Crippen molar-refractivity contribution in [3.8, 4) is 11.3 Å². The van der Waals surface area contributed by atoms with Crippen LogP contribution in [0.2, 0.25) is 0 Å². The maximum absolute atomic E-state index is 4.52. The van der Waals surface area contributed by atoms with Gasteiger partial charge >= 0.3 is 0 Å². The third-order valence-electron chi connectivity index (χ3n) is 2.60.